The lowest BCUT2D eigenvalue weighted by molar-refractivity contribution is 0.0786. The van der Waals surface area contributed by atoms with Gasteiger partial charge in [0.2, 0.25) is 0 Å². The molecular weight excluding hydrogens is 342 g/mol. The van der Waals surface area contributed by atoms with Gasteiger partial charge in [-0.2, -0.15) is 0 Å². The molecule has 0 aromatic carbocycles. The maximum atomic E-state index is 12.6. The van der Waals surface area contributed by atoms with Crippen molar-refractivity contribution in [2.75, 3.05) is 13.1 Å². The lowest BCUT2D eigenvalue weighted by Gasteiger charge is -2.16. The molecule has 1 amide bonds. The average molecular weight is 363 g/mol. The zero-order valence-electron chi connectivity index (χ0n) is 15.4. The summed E-state index contributed by atoms with van der Waals surface area (Å²) in [5, 5.41) is 4.03. The van der Waals surface area contributed by atoms with E-state index in [-0.39, 0.29) is 5.91 Å². The summed E-state index contributed by atoms with van der Waals surface area (Å²) in [4.78, 5) is 27.7. The molecule has 4 heterocycles. The summed E-state index contributed by atoms with van der Waals surface area (Å²) >= 11 is 0. The number of pyridine rings is 1. The first-order valence-corrected chi connectivity index (χ1v) is 9.06. The van der Waals surface area contributed by atoms with E-state index in [0.717, 1.165) is 47.8 Å². The highest BCUT2D eigenvalue weighted by atomic mass is 16.5. The summed E-state index contributed by atoms with van der Waals surface area (Å²) in [6, 6.07) is 3.59. The molecule has 0 N–H and O–H groups in total. The molecule has 27 heavy (non-hydrogen) atoms. The average Bonchev–Trinajstić information content (AvgIpc) is 3.29. The fourth-order valence-corrected chi connectivity index (χ4v) is 3.68. The van der Waals surface area contributed by atoms with Crippen LogP contribution >= 0.6 is 0 Å². The molecule has 1 aliphatic heterocycles. The van der Waals surface area contributed by atoms with Crippen molar-refractivity contribution >= 4 is 5.91 Å². The Hall–Kier alpha value is -3.09. The maximum absolute atomic E-state index is 12.6. The zero-order chi connectivity index (χ0) is 18.8. The summed E-state index contributed by atoms with van der Waals surface area (Å²) in [6.45, 7) is 5.26. The Morgan fingerprint density at radius 2 is 2.11 bits per heavy atom. The van der Waals surface area contributed by atoms with Crippen molar-refractivity contribution in [3.63, 3.8) is 0 Å². The third kappa shape index (κ3) is 3.45. The Labute approximate surface area is 157 Å². The van der Waals surface area contributed by atoms with Crippen LogP contribution in [-0.4, -0.2) is 44.0 Å². The van der Waals surface area contributed by atoms with Gasteiger partial charge < -0.3 is 9.42 Å². The van der Waals surface area contributed by atoms with Gasteiger partial charge in [0.15, 0.2) is 0 Å². The van der Waals surface area contributed by atoms with Crippen molar-refractivity contribution in [1.82, 2.24) is 25.0 Å². The molecule has 3 aromatic heterocycles. The van der Waals surface area contributed by atoms with E-state index >= 15 is 0 Å². The molecule has 1 atom stereocenters. The van der Waals surface area contributed by atoms with E-state index in [2.05, 4.69) is 20.1 Å². The van der Waals surface area contributed by atoms with Crippen LogP contribution < -0.4 is 0 Å². The van der Waals surface area contributed by atoms with Gasteiger partial charge in [0.25, 0.3) is 5.91 Å². The molecule has 1 fully saturated rings. The Morgan fingerprint density at radius 1 is 1.26 bits per heavy atom. The van der Waals surface area contributed by atoms with E-state index < -0.39 is 0 Å². The number of hydrogen-bond acceptors (Lipinski definition) is 6. The first kappa shape index (κ1) is 17.3. The van der Waals surface area contributed by atoms with E-state index in [1.54, 1.807) is 36.9 Å². The van der Waals surface area contributed by atoms with Gasteiger partial charge >= 0.3 is 0 Å². The van der Waals surface area contributed by atoms with E-state index in [9.17, 15) is 4.79 Å². The van der Waals surface area contributed by atoms with Crippen molar-refractivity contribution in [1.29, 1.82) is 0 Å². The van der Waals surface area contributed by atoms with Crippen LogP contribution in [0.1, 0.15) is 33.9 Å². The van der Waals surface area contributed by atoms with Crippen LogP contribution in [0.2, 0.25) is 0 Å². The molecule has 7 heteroatoms. The topological polar surface area (TPSA) is 85.0 Å². The molecule has 4 rings (SSSR count). The summed E-state index contributed by atoms with van der Waals surface area (Å²) < 4.78 is 5.30. The minimum atomic E-state index is 0.0377. The predicted octanol–water partition coefficient (Wildman–Crippen LogP) is 2.85. The van der Waals surface area contributed by atoms with Gasteiger partial charge in [0, 0.05) is 37.9 Å². The van der Waals surface area contributed by atoms with Gasteiger partial charge in [-0.15, -0.1) is 0 Å². The van der Waals surface area contributed by atoms with Crippen molar-refractivity contribution in [3.05, 3.63) is 59.6 Å². The predicted molar refractivity (Wildman–Crippen MR) is 99.0 cm³/mol. The monoisotopic (exact) mass is 363 g/mol. The van der Waals surface area contributed by atoms with E-state index in [1.165, 1.54) is 0 Å². The molecule has 1 saturated heterocycles. The van der Waals surface area contributed by atoms with Crippen LogP contribution in [0.4, 0.5) is 0 Å². The van der Waals surface area contributed by atoms with Crippen LogP contribution in [0.15, 0.2) is 41.4 Å². The van der Waals surface area contributed by atoms with Crippen LogP contribution in [-0.2, 0) is 6.42 Å². The van der Waals surface area contributed by atoms with Gasteiger partial charge in [-0.1, -0.05) is 5.16 Å². The number of aromatic nitrogens is 4. The van der Waals surface area contributed by atoms with Crippen molar-refractivity contribution < 1.29 is 9.32 Å². The van der Waals surface area contributed by atoms with Crippen LogP contribution in [0, 0.1) is 19.8 Å². The highest BCUT2D eigenvalue weighted by Crippen LogP contribution is 2.30. The second kappa shape index (κ2) is 7.26. The largest absolute Gasteiger partial charge is 0.361 e. The maximum Gasteiger partial charge on any atom is 0.255 e. The van der Waals surface area contributed by atoms with Crippen molar-refractivity contribution in [3.8, 4) is 11.3 Å². The lowest BCUT2D eigenvalue weighted by Crippen LogP contribution is -2.29. The molecule has 7 nitrogen and oxygen atoms in total. The SMILES string of the molecule is Cc1noc(C)c1-c1nccnc1C[C@@H]1CCN(C(=O)c2cccnc2)C1. The van der Waals surface area contributed by atoms with E-state index in [0.29, 0.717) is 18.0 Å². The standard InChI is InChI=1S/C20H21N5O2/c1-13-18(14(2)27-24-13)19-17(22-7-8-23-19)10-15-5-9-25(12-15)20(26)16-4-3-6-21-11-16/h3-4,6-8,11,15H,5,9-10,12H2,1-2H3/t15-/m0/s1. The molecule has 0 bridgehead atoms. The molecule has 0 saturated carbocycles. The third-order valence-corrected chi connectivity index (χ3v) is 5.01. The summed E-state index contributed by atoms with van der Waals surface area (Å²) in [6.07, 6.45) is 8.41. The lowest BCUT2D eigenvalue weighted by atomic mass is 9.98. The number of carbonyl (C=O) groups is 1. The first-order valence-electron chi connectivity index (χ1n) is 9.06. The normalized spacial score (nSPS) is 16.7. The summed E-state index contributed by atoms with van der Waals surface area (Å²) in [7, 11) is 0. The molecular formula is C20H21N5O2. The van der Waals surface area contributed by atoms with Crippen LogP contribution in [0.5, 0.6) is 0 Å². The Balaban J connectivity index is 1.51. The highest BCUT2D eigenvalue weighted by molar-refractivity contribution is 5.94. The minimum absolute atomic E-state index is 0.0377. The molecule has 1 aliphatic rings. The zero-order valence-corrected chi connectivity index (χ0v) is 15.4. The second-order valence-electron chi connectivity index (χ2n) is 6.90. The molecule has 0 unspecified atom stereocenters. The smallest absolute Gasteiger partial charge is 0.255 e. The Bertz CT molecular complexity index is 935. The number of carbonyl (C=O) groups excluding carboxylic acids is 1. The molecule has 0 radical (unpaired) electrons. The Kier molecular flexibility index (Phi) is 4.66. The minimum Gasteiger partial charge on any atom is -0.361 e. The number of amides is 1. The third-order valence-electron chi connectivity index (χ3n) is 5.01. The number of hydrogen-bond donors (Lipinski definition) is 0. The second-order valence-corrected chi connectivity index (χ2v) is 6.90. The first-order chi connectivity index (χ1) is 13.1. The van der Waals surface area contributed by atoms with Gasteiger partial charge in [-0.25, -0.2) is 0 Å². The molecule has 0 aliphatic carbocycles. The van der Waals surface area contributed by atoms with Crippen molar-refractivity contribution in [2.45, 2.75) is 26.7 Å². The number of likely N-dealkylation sites (tertiary alicyclic amines) is 1. The number of rotatable bonds is 4. The van der Waals surface area contributed by atoms with Gasteiger partial charge in [-0.3, -0.25) is 19.7 Å². The van der Waals surface area contributed by atoms with Crippen molar-refractivity contribution in [2.24, 2.45) is 5.92 Å². The molecule has 0 spiro atoms. The van der Waals surface area contributed by atoms with Crippen LogP contribution in [0.25, 0.3) is 11.3 Å². The number of aryl methyl sites for hydroxylation is 2. The van der Waals surface area contributed by atoms with Crippen LogP contribution in [0.3, 0.4) is 0 Å². The molecule has 138 valence electrons. The Morgan fingerprint density at radius 3 is 2.85 bits per heavy atom. The number of nitrogens with zero attached hydrogens (tertiary/aromatic N) is 5. The quantitative estimate of drug-likeness (QED) is 0.709. The summed E-state index contributed by atoms with van der Waals surface area (Å²) in [5.74, 6) is 1.13. The van der Waals surface area contributed by atoms with E-state index in [1.807, 2.05) is 18.7 Å². The summed E-state index contributed by atoms with van der Waals surface area (Å²) in [5.41, 5.74) is 4.11. The van der Waals surface area contributed by atoms with E-state index in [4.69, 9.17) is 4.52 Å². The van der Waals surface area contributed by atoms with Gasteiger partial charge in [0.05, 0.1) is 28.2 Å². The molecule has 3 aromatic rings. The fourth-order valence-electron chi connectivity index (χ4n) is 3.68. The van der Waals surface area contributed by atoms with Gasteiger partial charge in [0.1, 0.15) is 5.76 Å². The van der Waals surface area contributed by atoms with Gasteiger partial charge in [-0.05, 0) is 44.7 Å². The highest BCUT2D eigenvalue weighted by Gasteiger charge is 2.29. The fraction of sp³-hybridized carbons (Fsp3) is 0.350.